The number of para-hydroxylation sites is 2. The monoisotopic (exact) mass is 339 g/mol. The van der Waals surface area contributed by atoms with Crippen LogP contribution in [0.3, 0.4) is 0 Å². The lowest BCUT2D eigenvalue weighted by Gasteiger charge is -2.16. The Labute approximate surface area is 147 Å². The van der Waals surface area contributed by atoms with Crippen LogP contribution in [0.5, 0.6) is 11.5 Å². The van der Waals surface area contributed by atoms with Crippen molar-refractivity contribution in [3.05, 3.63) is 59.7 Å². The maximum Gasteiger partial charge on any atom is 0.261 e. The molecule has 1 aliphatic heterocycles. The van der Waals surface area contributed by atoms with Gasteiger partial charge in [-0.2, -0.15) is 0 Å². The third kappa shape index (κ3) is 3.65. The largest absolute Gasteiger partial charge is 0.490 e. The number of hydrogen-bond acceptors (Lipinski definition) is 4. The van der Waals surface area contributed by atoms with E-state index in [4.69, 9.17) is 9.47 Å². The minimum Gasteiger partial charge on any atom is -0.490 e. The lowest BCUT2D eigenvalue weighted by Crippen LogP contribution is -2.31. The Morgan fingerprint density at radius 2 is 1.44 bits per heavy atom. The summed E-state index contributed by atoms with van der Waals surface area (Å²) >= 11 is 0. The summed E-state index contributed by atoms with van der Waals surface area (Å²) in [5.41, 5.74) is 0.952. The molecular weight excluding hydrogens is 318 g/mol. The molecule has 0 spiro atoms. The molecule has 0 N–H and O–H groups in total. The van der Waals surface area contributed by atoms with Crippen molar-refractivity contribution < 1.29 is 19.1 Å². The van der Waals surface area contributed by atoms with Crippen LogP contribution in [0.4, 0.5) is 0 Å². The zero-order valence-corrected chi connectivity index (χ0v) is 14.4. The van der Waals surface area contributed by atoms with Crippen LogP contribution in [0.25, 0.3) is 0 Å². The van der Waals surface area contributed by atoms with Crippen LogP contribution < -0.4 is 9.47 Å². The van der Waals surface area contributed by atoms with E-state index in [2.05, 4.69) is 0 Å². The fourth-order valence-electron chi connectivity index (χ4n) is 2.77. The number of benzene rings is 2. The summed E-state index contributed by atoms with van der Waals surface area (Å²) in [7, 11) is 0. The average Bonchev–Trinajstić information content (AvgIpc) is 2.84. The van der Waals surface area contributed by atoms with Gasteiger partial charge in [0, 0.05) is 6.54 Å². The molecule has 0 atom stereocenters. The first kappa shape index (κ1) is 17.0. The summed E-state index contributed by atoms with van der Waals surface area (Å²) in [6.45, 7) is 4.64. The number of carbonyl (C=O) groups excluding carboxylic acids is 2. The van der Waals surface area contributed by atoms with E-state index >= 15 is 0 Å². The smallest absolute Gasteiger partial charge is 0.261 e. The molecule has 0 aromatic heterocycles. The van der Waals surface area contributed by atoms with Gasteiger partial charge in [-0.05, 0) is 44.5 Å². The molecule has 0 aliphatic carbocycles. The molecule has 5 heteroatoms. The molecule has 0 unspecified atom stereocenters. The first-order chi connectivity index (χ1) is 12.1. The van der Waals surface area contributed by atoms with Crippen molar-refractivity contribution in [3.63, 3.8) is 0 Å². The molecule has 130 valence electrons. The van der Waals surface area contributed by atoms with Gasteiger partial charge in [-0.1, -0.05) is 24.3 Å². The summed E-state index contributed by atoms with van der Waals surface area (Å²) in [5, 5.41) is 0. The second-order valence-electron chi connectivity index (χ2n) is 6.12. The Hall–Kier alpha value is -2.82. The lowest BCUT2D eigenvalue weighted by atomic mass is 10.1. The van der Waals surface area contributed by atoms with Gasteiger partial charge in [0.25, 0.3) is 11.8 Å². The number of fused-ring (bicyclic) bond motifs is 1. The van der Waals surface area contributed by atoms with Crippen LogP contribution in [-0.2, 0) is 0 Å². The Morgan fingerprint density at radius 1 is 0.880 bits per heavy atom. The summed E-state index contributed by atoms with van der Waals surface area (Å²) in [5.74, 6) is 0.894. The summed E-state index contributed by atoms with van der Waals surface area (Å²) < 4.78 is 11.5. The number of hydrogen-bond donors (Lipinski definition) is 0. The Balaban J connectivity index is 1.55. The number of ether oxygens (including phenoxy) is 2. The third-order valence-corrected chi connectivity index (χ3v) is 3.87. The Kier molecular flexibility index (Phi) is 5.03. The molecule has 3 rings (SSSR count). The summed E-state index contributed by atoms with van der Waals surface area (Å²) in [4.78, 5) is 25.9. The van der Waals surface area contributed by atoms with Crippen molar-refractivity contribution in [3.8, 4) is 11.5 Å². The second kappa shape index (κ2) is 7.38. The highest BCUT2D eigenvalue weighted by Gasteiger charge is 2.34. The summed E-state index contributed by atoms with van der Waals surface area (Å²) in [6, 6.07) is 14.4. The third-order valence-electron chi connectivity index (χ3n) is 3.87. The van der Waals surface area contributed by atoms with E-state index in [0.717, 1.165) is 0 Å². The molecule has 1 aliphatic rings. The van der Waals surface area contributed by atoms with Crippen LogP contribution in [0.1, 0.15) is 41.0 Å². The molecular formula is C20H21NO4. The molecule has 0 bridgehead atoms. The van der Waals surface area contributed by atoms with Gasteiger partial charge in [-0.3, -0.25) is 14.5 Å². The van der Waals surface area contributed by atoms with Gasteiger partial charge in [-0.25, -0.2) is 0 Å². The molecule has 1 heterocycles. The fourth-order valence-corrected chi connectivity index (χ4v) is 2.77. The predicted molar refractivity (Wildman–Crippen MR) is 94.1 cm³/mol. The number of imide groups is 1. The first-order valence-corrected chi connectivity index (χ1v) is 8.41. The highest BCUT2D eigenvalue weighted by molar-refractivity contribution is 6.21. The Bertz CT molecular complexity index is 750. The van der Waals surface area contributed by atoms with Crippen molar-refractivity contribution in [1.29, 1.82) is 0 Å². The molecule has 0 radical (unpaired) electrons. The predicted octanol–water partition coefficient (Wildman–Crippen LogP) is 3.54. The molecule has 2 amide bonds. The van der Waals surface area contributed by atoms with Crippen molar-refractivity contribution in [2.24, 2.45) is 0 Å². The van der Waals surface area contributed by atoms with Crippen molar-refractivity contribution in [2.45, 2.75) is 26.4 Å². The molecule has 0 saturated carbocycles. The lowest BCUT2D eigenvalue weighted by molar-refractivity contribution is 0.0646. The highest BCUT2D eigenvalue weighted by atomic mass is 16.5. The fraction of sp³-hybridized carbons (Fsp3) is 0.300. The van der Waals surface area contributed by atoms with Crippen LogP contribution in [-0.4, -0.2) is 36.0 Å². The SMILES string of the molecule is CC(C)Oc1ccccc1OCCCN1C(=O)c2ccccc2C1=O. The number of nitrogens with zero attached hydrogens (tertiary/aromatic N) is 1. The molecule has 5 nitrogen and oxygen atoms in total. The van der Waals surface area contributed by atoms with Crippen molar-refractivity contribution in [1.82, 2.24) is 4.90 Å². The van der Waals surface area contributed by atoms with Crippen LogP contribution >= 0.6 is 0 Å². The van der Waals surface area contributed by atoms with E-state index in [1.165, 1.54) is 4.90 Å². The van der Waals surface area contributed by atoms with E-state index in [1.54, 1.807) is 24.3 Å². The molecule has 2 aromatic carbocycles. The van der Waals surface area contributed by atoms with Crippen molar-refractivity contribution >= 4 is 11.8 Å². The van der Waals surface area contributed by atoms with E-state index in [1.807, 2.05) is 38.1 Å². The highest BCUT2D eigenvalue weighted by Crippen LogP contribution is 2.28. The molecule has 2 aromatic rings. The standard InChI is InChI=1S/C20H21NO4/c1-14(2)25-18-11-6-5-10-17(18)24-13-7-12-21-19(22)15-8-3-4-9-16(15)20(21)23/h3-6,8-11,14H,7,12-13H2,1-2H3. The number of carbonyl (C=O) groups is 2. The number of rotatable bonds is 7. The molecule has 0 saturated heterocycles. The van der Waals surface area contributed by atoms with E-state index in [9.17, 15) is 9.59 Å². The Morgan fingerprint density at radius 3 is 2.04 bits per heavy atom. The molecule has 25 heavy (non-hydrogen) atoms. The maximum absolute atomic E-state index is 12.3. The van der Waals surface area contributed by atoms with Crippen LogP contribution in [0, 0.1) is 0 Å². The van der Waals surface area contributed by atoms with Gasteiger partial charge in [0.05, 0.1) is 23.8 Å². The summed E-state index contributed by atoms with van der Waals surface area (Å²) in [6.07, 6.45) is 0.615. The first-order valence-electron chi connectivity index (χ1n) is 8.41. The minimum atomic E-state index is -0.232. The van der Waals surface area contributed by atoms with Gasteiger partial charge in [0.2, 0.25) is 0 Å². The van der Waals surface area contributed by atoms with Gasteiger partial charge in [-0.15, -0.1) is 0 Å². The normalized spacial score (nSPS) is 13.3. The minimum absolute atomic E-state index is 0.0584. The topological polar surface area (TPSA) is 55.8 Å². The van der Waals surface area contributed by atoms with E-state index in [-0.39, 0.29) is 17.9 Å². The second-order valence-corrected chi connectivity index (χ2v) is 6.12. The van der Waals surface area contributed by atoms with Crippen LogP contribution in [0.2, 0.25) is 0 Å². The maximum atomic E-state index is 12.3. The van der Waals surface area contributed by atoms with Gasteiger partial charge in [0.15, 0.2) is 11.5 Å². The van der Waals surface area contributed by atoms with E-state index < -0.39 is 0 Å². The zero-order chi connectivity index (χ0) is 17.8. The average molecular weight is 339 g/mol. The zero-order valence-electron chi connectivity index (χ0n) is 14.4. The molecule has 0 fully saturated rings. The quantitative estimate of drug-likeness (QED) is 0.572. The van der Waals surface area contributed by atoms with Crippen molar-refractivity contribution in [2.75, 3.05) is 13.2 Å². The van der Waals surface area contributed by atoms with Crippen LogP contribution in [0.15, 0.2) is 48.5 Å². The van der Waals surface area contributed by atoms with Gasteiger partial charge in [0.1, 0.15) is 0 Å². The van der Waals surface area contributed by atoms with Gasteiger partial charge >= 0.3 is 0 Å². The van der Waals surface area contributed by atoms with E-state index in [0.29, 0.717) is 42.2 Å². The van der Waals surface area contributed by atoms with Gasteiger partial charge < -0.3 is 9.47 Å². The number of amides is 2.